The van der Waals surface area contributed by atoms with Crippen molar-refractivity contribution in [3.8, 4) is 0 Å². The Morgan fingerprint density at radius 2 is 1.63 bits per heavy atom. The predicted octanol–water partition coefficient (Wildman–Crippen LogP) is 1.45. The van der Waals surface area contributed by atoms with Crippen LogP contribution in [-0.2, 0) is 14.8 Å². The second-order valence-electron chi connectivity index (χ2n) is 6.79. The number of halogens is 1. The van der Waals surface area contributed by atoms with Crippen molar-refractivity contribution < 1.29 is 13.2 Å². The first-order valence-electron chi connectivity index (χ1n) is 9.29. The van der Waals surface area contributed by atoms with Gasteiger partial charge in [-0.2, -0.15) is 4.31 Å². The molecule has 9 nitrogen and oxygen atoms in total. The Bertz CT molecular complexity index is 1100. The molecular weight excluding hydrogens is 428 g/mol. The third kappa shape index (κ3) is 4.07. The number of hydrogen-bond donors (Lipinski definition) is 0. The number of aromatic nitrogens is 4. The third-order valence-electron chi connectivity index (χ3n) is 4.98. The van der Waals surface area contributed by atoms with Crippen LogP contribution in [0, 0.1) is 0 Å². The molecule has 0 bridgehead atoms. The Morgan fingerprint density at radius 3 is 2.23 bits per heavy atom. The Balaban J connectivity index is 1.50. The topological polar surface area (TPSA) is 101 Å². The van der Waals surface area contributed by atoms with Gasteiger partial charge in [-0.1, -0.05) is 41.9 Å². The standard InChI is InChI=1S/C19H19ClN6O3S/c20-16-6-8-17(9-7-16)30(28,29)25-12-10-24(11-13-25)19(27)18(26-14-21-22-23-26)15-4-2-1-3-5-15/h1-9,14,18H,10-13H2/t18-/m1/s1. The van der Waals surface area contributed by atoms with Crippen molar-refractivity contribution in [3.05, 3.63) is 71.5 Å². The molecule has 4 rings (SSSR count). The van der Waals surface area contributed by atoms with Gasteiger partial charge >= 0.3 is 0 Å². The molecule has 0 unspecified atom stereocenters. The van der Waals surface area contributed by atoms with Crippen LogP contribution in [0.5, 0.6) is 0 Å². The van der Waals surface area contributed by atoms with Crippen LogP contribution in [0.15, 0.2) is 65.8 Å². The highest BCUT2D eigenvalue weighted by Crippen LogP contribution is 2.23. The summed E-state index contributed by atoms with van der Waals surface area (Å²) in [6.45, 7) is 0.954. The minimum absolute atomic E-state index is 0.183. The van der Waals surface area contributed by atoms with Gasteiger partial charge in [-0.15, -0.1) is 5.10 Å². The van der Waals surface area contributed by atoms with Crippen molar-refractivity contribution in [1.82, 2.24) is 29.4 Å². The van der Waals surface area contributed by atoms with E-state index in [-0.39, 0.29) is 37.0 Å². The molecule has 156 valence electrons. The Hall–Kier alpha value is -2.82. The number of carbonyl (C=O) groups is 1. The van der Waals surface area contributed by atoms with Crippen LogP contribution in [0.2, 0.25) is 5.02 Å². The third-order valence-corrected chi connectivity index (χ3v) is 7.15. The predicted molar refractivity (Wildman–Crippen MR) is 109 cm³/mol. The minimum Gasteiger partial charge on any atom is -0.338 e. The Labute approximate surface area is 178 Å². The van der Waals surface area contributed by atoms with E-state index in [0.29, 0.717) is 5.02 Å². The van der Waals surface area contributed by atoms with E-state index in [9.17, 15) is 13.2 Å². The van der Waals surface area contributed by atoms with E-state index in [2.05, 4.69) is 15.5 Å². The monoisotopic (exact) mass is 446 g/mol. The normalized spacial score (nSPS) is 16.4. The van der Waals surface area contributed by atoms with E-state index in [1.165, 1.54) is 27.4 Å². The molecule has 1 aromatic heterocycles. The molecule has 1 fully saturated rings. The van der Waals surface area contributed by atoms with Crippen LogP contribution in [0.1, 0.15) is 11.6 Å². The van der Waals surface area contributed by atoms with Gasteiger partial charge in [0.05, 0.1) is 4.90 Å². The summed E-state index contributed by atoms with van der Waals surface area (Å²) < 4.78 is 28.5. The van der Waals surface area contributed by atoms with Crippen molar-refractivity contribution in [3.63, 3.8) is 0 Å². The molecule has 11 heteroatoms. The smallest absolute Gasteiger partial charge is 0.252 e. The van der Waals surface area contributed by atoms with Crippen LogP contribution in [0.4, 0.5) is 0 Å². The quantitative estimate of drug-likeness (QED) is 0.588. The number of tetrazole rings is 1. The number of sulfonamides is 1. The van der Waals surface area contributed by atoms with Crippen molar-refractivity contribution in [2.75, 3.05) is 26.2 Å². The average Bonchev–Trinajstić information content (AvgIpc) is 3.29. The van der Waals surface area contributed by atoms with Crippen molar-refractivity contribution in [2.45, 2.75) is 10.9 Å². The van der Waals surface area contributed by atoms with Crippen LogP contribution < -0.4 is 0 Å². The highest BCUT2D eigenvalue weighted by Gasteiger charge is 2.34. The maximum Gasteiger partial charge on any atom is 0.252 e. The molecule has 30 heavy (non-hydrogen) atoms. The molecule has 2 aromatic carbocycles. The molecule has 1 saturated heterocycles. The lowest BCUT2D eigenvalue weighted by molar-refractivity contribution is -0.135. The largest absolute Gasteiger partial charge is 0.338 e. The molecule has 1 amide bonds. The highest BCUT2D eigenvalue weighted by atomic mass is 35.5. The number of hydrogen-bond acceptors (Lipinski definition) is 6. The number of nitrogens with zero attached hydrogens (tertiary/aromatic N) is 6. The second kappa shape index (κ2) is 8.50. The minimum atomic E-state index is -3.64. The molecule has 1 aliphatic heterocycles. The zero-order valence-electron chi connectivity index (χ0n) is 15.9. The molecule has 1 aliphatic rings. The van der Waals surface area contributed by atoms with Gasteiger partial charge in [0.15, 0.2) is 6.04 Å². The van der Waals surface area contributed by atoms with Crippen molar-refractivity contribution >= 4 is 27.5 Å². The first-order valence-corrected chi connectivity index (χ1v) is 11.1. The van der Waals surface area contributed by atoms with E-state index in [4.69, 9.17) is 11.6 Å². The average molecular weight is 447 g/mol. The lowest BCUT2D eigenvalue weighted by Gasteiger charge is -2.35. The number of amides is 1. The molecule has 0 N–H and O–H groups in total. The maximum absolute atomic E-state index is 13.3. The van der Waals surface area contributed by atoms with E-state index < -0.39 is 16.1 Å². The van der Waals surface area contributed by atoms with Gasteiger partial charge in [0.1, 0.15) is 6.33 Å². The molecule has 0 saturated carbocycles. The lowest BCUT2D eigenvalue weighted by Crippen LogP contribution is -2.52. The SMILES string of the molecule is O=C([C@@H](c1ccccc1)n1cnnn1)N1CCN(S(=O)(=O)c2ccc(Cl)cc2)CC1. The summed E-state index contributed by atoms with van der Waals surface area (Å²) in [4.78, 5) is 15.1. The van der Waals surface area contributed by atoms with Crippen molar-refractivity contribution in [2.24, 2.45) is 0 Å². The van der Waals surface area contributed by atoms with Gasteiger partial charge in [0.2, 0.25) is 10.0 Å². The molecule has 1 atom stereocenters. The second-order valence-corrected chi connectivity index (χ2v) is 9.16. The van der Waals surface area contributed by atoms with E-state index in [1.807, 2.05) is 30.3 Å². The fourth-order valence-electron chi connectivity index (χ4n) is 3.41. The van der Waals surface area contributed by atoms with Crippen LogP contribution in [0.25, 0.3) is 0 Å². The summed E-state index contributed by atoms with van der Waals surface area (Å²) in [5.74, 6) is -0.183. The van der Waals surface area contributed by atoms with Gasteiger partial charge in [-0.3, -0.25) is 4.79 Å². The molecule has 0 aliphatic carbocycles. The number of rotatable bonds is 5. The fourth-order valence-corrected chi connectivity index (χ4v) is 4.96. The van der Waals surface area contributed by atoms with Gasteiger partial charge in [0.25, 0.3) is 5.91 Å². The zero-order valence-corrected chi connectivity index (χ0v) is 17.4. The van der Waals surface area contributed by atoms with Crippen LogP contribution in [0.3, 0.4) is 0 Å². The summed E-state index contributed by atoms with van der Waals surface area (Å²) in [5.41, 5.74) is 0.756. The molecule has 3 aromatic rings. The van der Waals surface area contributed by atoms with E-state index >= 15 is 0 Å². The van der Waals surface area contributed by atoms with Gasteiger partial charge in [-0.05, 0) is 40.3 Å². The van der Waals surface area contributed by atoms with E-state index in [1.54, 1.807) is 17.0 Å². The molecule has 0 spiro atoms. The van der Waals surface area contributed by atoms with E-state index in [0.717, 1.165) is 5.56 Å². The van der Waals surface area contributed by atoms with Gasteiger partial charge in [-0.25, -0.2) is 13.1 Å². The van der Waals surface area contributed by atoms with Crippen molar-refractivity contribution in [1.29, 1.82) is 0 Å². The Morgan fingerprint density at radius 1 is 0.967 bits per heavy atom. The fraction of sp³-hybridized carbons (Fsp3) is 0.263. The maximum atomic E-state index is 13.3. The van der Waals surface area contributed by atoms with Gasteiger partial charge in [0, 0.05) is 31.2 Å². The summed E-state index contributed by atoms with van der Waals surface area (Å²) in [6, 6.07) is 14.6. The summed E-state index contributed by atoms with van der Waals surface area (Å²) in [5, 5.41) is 11.7. The molecule has 0 radical (unpaired) electrons. The highest BCUT2D eigenvalue weighted by molar-refractivity contribution is 7.89. The summed E-state index contributed by atoms with van der Waals surface area (Å²) in [6.07, 6.45) is 1.40. The first kappa shape index (κ1) is 20.5. The van der Waals surface area contributed by atoms with Crippen LogP contribution >= 0.6 is 11.6 Å². The molecular formula is C19H19ClN6O3S. The summed E-state index contributed by atoms with van der Waals surface area (Å²) >= 11 is 5.86. The van der Waals surface area contributed by atoms with Gasteiger partial charge < -0.3 is 4.90 Å². The van der Waals surface area contributed by atoms with Crippen LogP contribution in [-0.4, -0.2) is 69.9 Å². The number of carbonyl (C=O) groups excluding carboxylic acids is 1. The summed E-state index contributed by atoms with van der Waals surface area (Å²) in [7, 11) is -3.64. The lowest BCUT2D eigenvalue weighted by atomic mass is 10.1. The Kier molecular flexibility index (Phi) is 5.80. The number of benzene rings is 2. The zero-order chi connectivity index (χ0) is 21.1. The molecule has 2 heterocycles. The number of piperazine rings is 1. The first-order chi connectivity index (χ1) is 14.5.